The Labute approximate surface area is 118 Å². The number of carbonyl (C=O) groups is 1. The van der Waals surface area contributed by atoms with E-state index in [9.17, 15) is 4.79 Å². The Hall–Kier alpha value is -2.17. The fourth-order valence-corrected chi connectivity index (χ4v) is 2.11. The highest BCUT2D eigenvalue weighted by Gasteiger charge is 2.18. The van der Waals surface area contributed by atoms with Crippen LogP contribution in [-0.2, 0) is 11.2 Å². The lowest BCUT2D eigenvalue weighted by Gasteiger charge is -2.22. The number of H-pyrrole nitrogens is 1. The molecule has 0 saturated heterocycles. The summed E-state index contributed by atoms with van der Waals surface area (Å²) >= 11 is 0. The van der Waals surface area contributed by atoms with Crippen LogP contribution in [0.25, 0.3) is 0 Å². The van der Waals surface area contributed by atoms with E-state index in [0.29, 0.717) is 18.8 Å². The third-order valence-corrected chi connectivity index (χ3v) is 3.22. The Morgan fingerprint density at radius 2 is 2.25 bits per heavy atom. The monoisotopic (exact) mass is 272 g/mol. The van der Waals surface area contributed by atoms with Crippen LogP contribution in [0, 0.1) is 5.92 Å². The van der Waals surface area contributed by atoms with Crippen LogP contribution in [0.1, 0.15) is 37.4 Å². The van der Waals surface area contributed by atoms with E-state index in [0.717, 1.165) is 11.1 Å². The minimum absolute atomic E-state index is 0.000509. The second-order valence-corrected chi connectivity index (χ2v) is 5.18. The first-order chi connectivity index (χ1) is 9.66. The van der Waals surface area contributed by atoms with Gasteiger partial charge in [-0.3, -0.25) is 14.9 Å². The third-order valence-electron chi connectivity index (χ3n) is 3.22. The summed E-state index contributed by atoms with van der Waals surface area (Å²) < 4.78 is 0. The van der Waals surface area contributed by atoms with Crippen LogP contribution in [0.4, 0.5) is 0 Å². The van der Waals surface area contributed by atoms with Gasteiger partial charge in [0.2, 0.25) is 5.91 Å². The summed E-state index contributed by atoms with van der Waals surface area (Å²) in [7, 11) is 0. The van der Waals surface area contributed by atoms with Crippen molar-refractivity contribution in [1.29, 1.82) is 0 Å². The smallest absolute Gasteiger partial charge is 0.220 e. The number of aromatic amines is 1. The summed E-state index contributed by atoms with van der Waals surface area (Å²) in [6.45, 7) is 4.18. The zero-order valence-electron chi connectivity index (χ0n) is 11.8. The number of carbonyl (C=O) groups excluding carboxylic acids is 1. The predicted octanol–water partition coefficient (Wildman–Crippen LogP) is 2.25. The molecule has 0 bridgehead atoms. The van der Waals surface area contributed by atoms with E-state index in [1.165, 1.54) is 0 Å². The molecule has 20 heavy (non-hydrogen) atoms. The summed E-state index contributed by atoms with van der Waals surface area (Å²) in [5, 5.41) is 9.71. The zero-order valence-corrected chi connectivity index (χ0v) is 11.8. The molecule has 0 aliphatic carbocycles. The summed E-state index contributed by atoms with van der Waals surface area (Å²) in [4.78, 5) is 16.2. The van der Waals surface area contributed by atoms with Crippen molar-refractivity contribution >= 4 is 5.91 Å². The molecular formula is C15H20N4O. The van der Waals surface area contributed by atoms with Crippen LogP contribution < -0.4 is 5.32 Å². The topological polar surface area (TPSA) is 70.7 Å². The minimum atomic E-state index is 0.000509. The van der Waals surface area contributed by atoms with Gasteiger partial charge >= 0.3 is 0 Å². The molecule has 2 rings (SSSR count). The number of hydrogen-bond donors (Lipinski definition) is 2. The first-order valence-corrected chi connectivity index (χ1v) is 6.83. The lowest BCUT2D eigenvalue weighted by atomic mass is 9.97. The minimum Gasteiger partial charge on any atom is -0.349 e. The Bertz CT molecular complexity index is 522. The van der Waals surface area contributed by atoms with Crippen molar-refractivity contribution in [1.82, 2.24) is 20.5 Å². The van der Waals surface area contributed by atoms with E-state index in [1.54, 1.807) is 18.6 Å². The van der Waals surface area contributed by atoms with Gasteiger partial charge < -0.3 is 5.32 Å². The molecule has 2 N–H and O–H groups in total. The molecule has 2 aromatic heterocycles. The van der Waals surface area contributed by atoms with E-state index >= 15 is 0 Å². The van der Waals surface area contributed by atoms with Crippen LogP contribution in [-0.4, -0.2) is 21.1 Å². The maximum Gasteiger partial charge on any atom is 0.220 e. The number of aromatic nitrogens is 3. The van der Waals surface area contributed by atoms with E-state index in [-0.39, 0.29) is 11.9 Å². The quantitative estimate of drug-likeness (QED) is 0.847. The van der Waals surface area contributed by atoms with E-state index < -0.39 is 0 Å². The van der Waals surface area contributed by atoms with Gasteiger partial charge in [0.25, 0.3) is 0 Å². The summed E-state index contributed by atoms with van der Waals surface area (Å²) in [5.74, 6) is 0.367. The predicted molar refractivity (Wildman–Crippen MR) is 76.9 cm³/mol. The van der Waals surface area contributed by atoms with Gasteiger partial charge in [-0.25, -0.2) is 0 Å². The zero-order chi connectivity index (χ0) is 14.4. The average molecular weight is 272 g/mol. The van der Waals surface area contributed by atoms with E-state index in [4.69, 9.17) is 0 Å². The van der Waals surface area contributed by atoms with Crippen molar-refractivity contribution in [3.8, 4) is 0 Å². The van der Waals surface area contributed by atoms with Gasteiger partial charge in [-0.1, -0.05) is 19.9 Å². The largest absolute Gasteiger partial charge is 0.349 e. The average Bonchev–Trinajstić information content (AvgIpc) is 2.96. The van der Waals surface area contributed by atoms with Crippen molar-refractivity contribution in [3.63, 3.8) is 0 Å². The molecule has 2 aromatic rings. The molecule has 1 atom stereocenters. The van der Waals surface area contributed by atoms with Crippen molar-refractivity contribution in [2.75, 3.05) is 0 Å². The molecule has 0 aliphatic heterocycles. The van der Waals surface area contributed by atoms with Gasteiger partial charge in [-0.15, -0.1) is 0 Å². The lowest BCUT2D eigenvalue weighted by Crippen LogP contribution is -2.31. The Morgan fingerprint density at radius 1 is 1.40 bits per heavy atom. The Balaban J connectivity index is 1.93. The van der Waals surface area contributed by atoms with Crippen LogP contribution in [0.3, 0.4) is 0 Å². The maximum atomic E-state index is 12.1. The van der Waals surface area contributed by atoms with Crippen LogP contribution in [0.5, 0.6) is 0 Å². The fraction of sp³-hybridized carbons (Fsp3) is 0.400. The maximum absolute atomic E-state index is 12.1. The molecule has 0 radical (unpaired) electrons. The number of rotatable bonds is 6. The van der Waals surface area contributed by atoms with Gasteiger partial charge in [0.05, 0.1) is 12.2 Å². The molecule has 0 saturated carbocycles. The highest BCUT2D eigenvalue weighted by molar-refractivity contribution is 5.76. The fourth-order valence-electron chi connectivity index (χ4n) is 2.11. The van der Waals surface area contributed by atoms with Crippen molar-refractivity contribution in [2.24, 2.45) is 5.92 Å². The number of amides is 1. The second-order valence-electron chi connectivity index (χ2n) is 5.18. The number of hydrogen-bond acceptors (Lipinski definition) is 3. The van der Waals surface area contributed by atoms with Gasteiger partial charge in [0.15, 0.2) is 0 Å². The van der Waals surface area contributed by atoms with Gasteiger partial charge in [0.1, 0.15) is 0 Å². The van der Waals surface area contributed by atoms with Gasteiger partial charge in [-0.2, -0.15) is 5.10 Å². The molecule has 0 fully saturated rings. The number of aryl methyl sites for hydroxylation is 1. The van der Waals surface area contributed by atoms with Crippen LogP contribution >= 0.6 is 0 Å². The van der Waals surface area contributed by atoms with Crippen LogP contribution in [0.2, 0.25) is 0 Å². The van der Waals surface area contributed by atoms with E-state index in [1.807, 2.05) is 18.3 Å². The molecule has 5 nitrogen and oxygen atoms in total. The number of nitrogens with one attached hydrogen (secondary N) is 2. The molecule has 2 heterocycles. The summed E-state index contributed by atoms with van der Waals surface area (Å²) in [6.07, 6.45) is 8.26. The standard InChI is InChI=1S/C15H20N4O/c1-11(2)15(13-4-3-7-16-10-13)19-14(20)6-5-12-8-17-18-9-12/h3-4,7-11,15H,5-6H2,1-2H3,(H,17,18)(H,19,20)/t15-/m1/s1. The molecule has 106 valence electrons. The lowest BCUT2D eigenvalue weighted by molar-refractivity contribution is -0.122. The Kier molecular flexibility index (Phi) is 4.87. The van der Waals surface area contributed by atoms with E-state index in [2.05, 4.69) is 34.3 Å². The normalized spacial score (nSPS) is 12.3. The second kappa shape index (κ2) is 6.84. The van der Waals surface area contributed by atoms with Crippen molar-refractivity contribution in [2.45, 2.75) is 32.7 Å². The Morgan fingerprint density at radius 3 is 2.85 bits per heavy atom. The number of pyridine rings is 1. The number of nitrogens with zero attached hydrogens (tertiary/aromatic N) is 2. The molecule has 0 unspecified atom stereocenters. The molecule has 0 aromatic carbocycles. The molecular weight excluding hydrogens is 252 g/mol. The first-order valence-electron chi connectivity index (χ1n) is 6.83. The third kappa shape index (κ3) is 3.91. The van der Waals surface area contributed by atoms with Crippen LogP contribution in [0.15, 0.2) is 36.9 Å². The summed E-state index contributed by atoms with van der Waals surface area (Å²) in [6, 6.07) is 3.89. The molecule has 0 spiro atoms. The highest BCUT2D eigenvalue weighted by atomic mass is 16.1. The van der Waals surface area contributed by atoms with Gasteiger partial charge in [0, 0.05) is 25.0 Å². The molecule has 5 heteroatoms. The first kappa shape index (κ1) is 14.2. The van der Waals surface area contributed by atoms with Gasteiger partial charge in [-0.05, 0) is 29.5 Å². The van der Waals surface area contributed by atoms with Crippen molar-refractivity contribution in [3.05, 3.63) is 48.0 Å². The molecule has 0 aliphatic rings. The summed E-state index contributed by atoms with van der Waals surface area (Å²) in [5.41, 5.74) is 2.08. The SMILES string of the molecule is CC(C)[C@@H](NC(=O)CCc1cn[nH]c1)c1cccnc1. The molecule has 1 amide bonds. The highest BCUT2D eigenvalue weighted by Crippen LogP contribution is 2.20. The van der Waals surface area contributed by atoms with Crippen molar-refractivity contribution < 1.29 is 4.79 Å².